The van der Waals surface area contributed by atoms with E-state index in [2.05, 4.69) is 33.0 Å². The molecule has 14 heavy (non-hydrogen) atoms. The number of amides is 1. The molecule has 0 aromatic carbocycles. The van der Waals surface area contributed by atoms with Crippen molar-refractivity contribution in [3.8, 4) is 0 Å². The third-order valence-electron chi connectivity index (χ3n) is 2.99. The van der Waals surface area contributed by atoms with Crippen molar-refractivity contribution < 1.29 is 4.79 Å². The predicted molar refractivity (Wildman–Crippen MR) is 59.9 cm³/mol. The maximum atomic E-state index is 11.4. The van der Waals surface area contributed by atoms with Crippen LogP contribution < -0.4 is 11.1 Å². The molecule has 0 saturated carbocycles. The lowest BCUT2D eigenvalue weighted by atomic mass is 9.84. The van der Waals surface area contributed by atoms with Crippen LogP contribution in [-0.4, -0.2) is 18.0 Å². The zero-order chi connectivity index (χ0) is 11.4. The van der Waals surface area contributed by atoms with E-state index in [4.69, 9.17) is 5.73 Å². The lowest BCUT2D eigenvalue weighted by molar-refractivity contribution is -0.125. The number of hydrogen-bond acceptors (Lipinski definition) is 2. The van der Waals surface area contributed by atoms with E-state index in [0.717, 1.165) is 13.0 Å². The van der Waals surface area contributed by atoms with E-state index in [0.29, 0.717) is 5.92 Å². The summed E-state index contributed by atoms with van der Waals surface area (Å²) < 4.78 is 0. The average Bonchev–Trinajstić information content (AvgIpc) is 2.12. The zero-order valence-corrected chi connectivity index (χ0v) is 10.1. The Balaban J connectivity index is 4.48. The van der Waals surface area contributed by atoms with E-state index in [-0.39, 0.29) is 11.8 Å². The van der Waals surface area contributed by atoms with Crippen LogP contribution in [0.1, 0.15) is 41.0 Å². The summed E-state index contributed by atoms with van der Waals surface area (Å²) in [7, 11) is 0. The first-order chi connectivity index (χ1) is 6.34. The fourth-order valence-electron chi connectivity index (χ4n) is 1.33. The molecule has 2 atom stereocenters. The van der Waals surface area contributed by atoms with Crippen LogP contribution >= 0.6 is 0 Å². The molecule has 0 heterocycles. The van der Waals surface area contributed by atoms with Gasteiger partial charge in [0.1, 0.15) is 0 Å². The first kappa shape index (κ1) is 13.4. The minimum absolute atomic E-state index is 0.257. The smallest absolute Gasteiger partial charge is 0.237 e. The van der Waals surface area contributed by atoms with Gasteiger partial charge in [0.25, 0.3) is 0 Å². The standard InChI is InChI=1S/C11H24N2O/c1-6-9(4)11(5,10(12)14)13-7-8(2)3/h8-9,13H,6-7H2,1-5H3,(H2,12,14). The molecule has 0 aliphatic rings. The van der Waals surface area contributed by atoms with E-state index in [1.807, 2.05) is 6.92 Å². The van der Waals surface area contributed by atoms with E-state index >= 15 is 0 Å². The summed E-state index contributed by atoms with van der Waals surface area (Å²) in [6, 6.07) is 0. The van der Waals surface area contributed by atoms with Gasteiger partial charge < -0.3 is 11.1 Å². The molecule has 0 radical (unpaired) electrons. The van der Waals surface area contributed by atoms with Gasteiger partial charge in [0.2, 0.25) is 5.91 Å². The van der Waals surface area contributed by atoms with Gasteiger partial charge in [0, 0.05) is 0 Å². The molecule has 3 heteroatoms. The molecule has 0 saturated heterocycles. The number of carbonyl (C=O) groups excluding carboxylic acids is 1. The van der Waals surface area contributed by atoms with Crippen molar-refractivity contribution in [3.63, 3.8) is 0 Å². The van der Waals surface area contributed by atoms with E-state index in [1.54, 1.807) is 0 Å². The van der Waals surface area contributed by atoms with Gasteiger partial charge in [-0.25, -0.2) is 0 Å². The van der Waals surface area contributed by atoms with Crippen LogP contribution in [0.25, 0.3) is 0 Å². The number of nitrogens with one attached hydrogen (secondary N) is 1. The van der Waals surface area contributed by atoms with Gasteiger partial charge in [-0.2, -0.15) is 0 Å². The number of hydrogen-bond donors (Lipinski definition) is 2. The molecule has 0 aliphatic carbocycles. The van der Waals surface area contributed by atoms with Crippen molar-refractivity contribution in [3.05, 3.63) is 0 Å². The van der Waals surface area contributed by atoms with Gasteiger partial charge in [0.05, 0.1) is 5.54 Å². The summed E-state index contributed by atoms with van der Waals surface area (Å²) in [5, 5.41) is 3.27. The maximum Gasteiger partial charge on any atom is 0.237 e. The first-order valence-electron chi connectivity index (χ1n) is 5.39. The second-order valence-corrected chi connectivity index (χ2v) is 4.65. The molecule has 3 N–H and O–H groups in total. The molecule has 2 unspecified atom stereocenters. The summed E-state index contributed by atoms with van der Waals surface area (Å²) in [6.45, 7) is 11.1. The van der Waals surface area contributed by atoms with Crippen molar-refractivity contribution >= 4 is 5.91 Å². The van der Waals surface area contributed by atoms with Crippen molar-refractivity contribution in [1.29, 1.82) is 0 Å². The zero-order valence-electron chi connectivity index (χ0n) is 10.1. The first-order valence-corrected chi connectivity index (χ1v) is 5.39. The highest BCUT2D eigenvalue weighted by Gasteiger charge is 2.35. The number of nitrogens with two attached hydrogens (primary N) is 1. The van der Waals surface area contributed by atoms with Crippen LogP contribution in [-0.2, 0) is 4.79 Å². The van der Waals surface area contributed by atoms with Gasteiger partial charge in [-0.15, -0.1) is 0 Å². The van der Waals surface area contributed by atoms with Crippen molar-refractivity contribution in [2.45, 2.75) is 46.6 Å². The summed E-state index contributed by atoms with van der Waals surface area (Å²) in [6.07, 6.45) is 0.949. The normalized spacial score (nSPS) is 17.9. The molecule has 0 bridgehead atoms. The van der Waals surface area contributed by atoms with Crippen LogP contribution in [0.2, 0.25) is 0 Å². The van der Waals surface area contributed by atoms with E-state index in [1.165, 1.54) is 0 Å². The monoisotopic (exact) mass is 200 g/mol. The second kappa shape index (κ2) is 5.35. The molecule has 0 rings (SSSR count). The van der Waals surface area contributed by atoms with Crippen molar-refractivity contribution in [1.82, 2.24) is 5.32 Å². The van der Waals surface area contributed by atoms with Crippen molar-refractivity contribution in [2.75, 3.05) is 6.54 Å². The van der Waals surface area contributed by atoms with Crippen LogP contribution in [0.5, 0.6) is 0 Å². The Morgan fingerprint density at radius 1 is 1.43 bits per heavy atom. The quantitative estimate of drug-likeness (QED) is 0.683. The Morgan fingerprint density at radius 3 is 2.21 bits per heavy atom. The fourth-order valence-corrected chi connectivity index (χ4v) is 1.33. The highest BCUT2D eigenvalue weighted by molar-refractivity contribution is 5.84. The maximum absolute atomic E-state index is 11.4. The lowest BCUT2D eigenvalue weighted by Crippen LogP contribution is -2.58. The van der Waals surface area contributed by atoms with Gasteiger partial charge in [-0.3, -0.25) is 4.79 Å². The molecule has 0 fully saturated rings. The van der Waals surface area contributed by atoms with Crippen LogP contribution in [0, 0.1) is 11.8 Å². The molecule has 84 valence electrons. The number of rotatable bonds is 6. The third kappa shape index (κ3) is 3.29. The molecular weight excluding hydrogens is 176 g/mol. The SMILES string of the molecule is CCC(C)C(C)(NCC(C)C)C(N)=O. The minimum atomic E-state index is -0.570. The lowest BCUT2D eigenvalue weighted by Gasteiger charge is -2.34. The Labute approximate surface area is 87.4 Å². The molecule has 3 nitrogen and oxygen atoms in total. The topological polar surface area (TPSA) is 55.1 Å². The van der Waals surface area contributed by atoms with Gasteiger partial charge in [-0.1, -0.05) is 34.1 Å². The van der Waals surface area contributed by atoms with Gasteiger partial charge in [0.15, 0.2) is 0 Å². The van der Waals surface area contributed by atoms with Gasteiger partial charge in [-0.05, 0) is 25.3 Å². The number of primary amides is 1. The number of carbonyl (C=O) groups is 1. The average molecular weight is 200 g/mol. The van der Waals surface area contributed by atoms with E-state index < -0.39 is 5.54 Å². The second-order valence-electron chi connectivity index (χ2n) is 4.65. The molecule has 0 aromatic rings. The summed E-state index contributed by atoms with van der Waals surface area (Å²) >= 11 is 0. The highest BCUT2D eigenvalue weighted by atomic mass is 16.1. The summed E-state index contributed by atoms with van der Waals surface area (Å²) in [4.78, 5) is 11.4. The van der Waals surface area contributed by atoms with Crippen LogP contribution in [0.15, 0.2) is 0 Å². The Bertz CT molecular complexity index is 192. The van der Waals surface area contributed by atoms with Gasteiger partial charge >= 0.3 is 0 Å². The molecular formula is C11H24N2O. The minimum Gasteiger partial charge on any atom is -0.368 e. The van der Waals surface area contributed by atoms with E-state index in [9.17, 15) is 4.79 Å². The predicted octanol–water partition coefficient (Wildman–Crippen LogP) is 1.52. The van der Waals surface area contributed by atoms with Crippen molar-refractivity contribution in [2.24, 2.45) is 17.6 Å². The molecule has 0 spiro atoms. The molecule has 0 aliphatic heterocycles. The van der Waals surface area contributed by atoms with Crippen LogP contribution in [0.3, 0.4) is 0 Å². The Hall–Kier alpha value is -0.570. The molecule has 0 aromatic heterocycles. The van der Waals surface area contributed by atoms with Crippen LogP contribution in [0.4, 0.5) is 0 Å². The summed E-state index contributed by atoms with van der Waals surface area (Å²) in [5.41, 5.74) is 4.86. The summed E-state index contributed by atoms with van der Waals surface area (Å²) in [5.74, 6) is 0.531. The third-order valence-corrected chi connectivity index (χ3v) is 2.99. The Morgan fingerprint density at radius 2 is 1.93 bits per heavy atom. The highest BCUT2D eigenvalue weighted by Crippen LogP contribution is 2.19. The Kier molecular flexibility index (Phi) is 5.13. The molecule has 1 amide bonds. The fraction of sp³-hybridized carbons (Fsp3) is 0.909. The largest absolute Gasteiger partial charge is 0.368 e.